The molecule has 3 nitrogen and oxygen atoms in total. The van der Waals surface area contributed by atoms with Crippen LogP contribution < -0.4 is 5.73 Å². The Labute approximate surface area is 86.3 Å². The Morgan fingerprint density at radius 1 is 1.38 bits per heavy atom. The summed E-state index contributed by atoms with van der Waals surface area (Å²) in [5.41, 5.74) is 0.867. The predicted octanol–water partition coefficient (Wildman–Crippen LogP) is 2.49. The Morgan fingerprint density at radius 3 is 2.31 bits per heavy atom. The highest BCUT2D eigenvalue weighted by Gasteiger charge is 2.39. The lowest BCUT2D eigenvalue weighted by molar-refractivity contribution is -0.139. The number of nitrogens with two attached hydrogens (primary N) is 1. The van der Waals surface area contributed by atoms with Gasteiger partial charge in [-0.1, -0.05) is 0 Å². The third-order valence-electron chi connectivity index (χ3n) is 1.77. The van der Waals surface area contributed by atoms with E-state index < -0.39 is 35.1 Å². The number of aromatic nitrogens is 1. The van der Waals surface area contributed by atoms with Crippen molar-refractivity contribution in [2.24, 2.45) is 0 Å². The lowest BCUT2D eigenvalue weighted by Crippen LogP contribution is -2.15. The Bertz CT molecular complexity index is 446. The van der Waals surface area contributed by atoms with Crippen molar-refractivity contribution in [1.29, 1.82) is 5.26 Å². The van der Waals surface area contributed by atoms with E-state index in [0.717, 1.165) is 6.07 Å². The molecule has 1 heterocycles. The fraction of sp³-hybridized carbons (Fsp3) is 0.250. The van der Waals surface area contributed by atoms with Gasteiger partial charge in [0.05, 0.1) is 5.56 Å². The van der Waals surface area contributed by atoms with E-state index in [2.05, 4.69) is 4.98 Å². The van der Waals surface area contributed by atoms with Crippen LogP contribution in [-0.2, 0) is 6.18 Å². The molecule has 1 aromatic rings. The molecular weight excluding hydrogens is 233 g/mol. The van der Waals surface area contributed by atoms with E-state index in [1.165, 1.54) is 0 Å². The number of nitrogens with zero attached hydrogens (tertiary/aromatic N) is 2. The summed E-state index contributed by atoms with van der Waals surface area (Å²) in [5, 5.41) is 8.45. The minimum Gasteiger partial charge on any atom is -0.383 e. The number of rotatable bonds is 1. The molecular formula is C8H4F5N3. The van der Waals surface area contributed by atoms with Gasteiger partial charge in [-0.05, 0) is 0 Å². The van der Waals surface area contributed by atoms with Crippen molar-refractivity contribution in [3.63, 3.8) is 0 Å². The SMILES string of the molecule is N#Cc1c(N)ncc(C(F)F)c1C(F)(F)F. The second kappa shape index (κ2) is 3.92. The second-order valence-electron chi connectivity index (χ2n) is 2.76. The van der Waals surface area contributed by atoms with Gasteiger partial charge in [-0.25, -0.2) is 13.8 Å². The van der Waals surface area contributed by atoms with E-state index >= 15 is 0 Å². The van der Waals surface area contributed by atoms with Crippen LogP contribution >= 0.6 is 0 Å². The monoisotopic (exact) mass is 237 g/mol. The largest absolute Gasteiger partial charge is 0.418 e. The third-order valence-corrected chi connectivity index (χ3v) is 1.77. The molecule has 0 saturated carbocycles. The first-order chi connectivity index (χ1) is 7.29. The number of nitriles is 1. The highest BCUT2D eigenvalue weighted by molar-refractivity contribution is 5.56. The second-order valence-corrected chi connectivity index (χ2v) is 2.76. The van der Waals surface area contributed by atoms with Gasteiger partial charge in [-0.3, -0.25) is 0 Å². The Hall–Kier alpha value is -1.91. The minimum absolute atomic E-state index is 0.323. The van der Waals surface area contributed by atoms with E-state index in [1.807, 2.05) is 0 Å². The molecule has 0 spiro atoms. The van der Waals surface area contributed by atoms with E-state index in [9.17, 15) is 22.0 Å². The molecule has 0 aliphatic heterocycles. The molecule has 0 unspecified atom stereocenters. The first kappa shape index (κ1) is 12.2. The van der Waals surface area contributed by atoms with Gasteiger partial charge >= 0.3 is 6.18 Å². The number of hydrogen-bond donors (Lipinski definition) is 1. The van der Waals surface area contributed by atoms with Gasteiger partial charge < -0.3 is 5.73 Å². The van der Waals surface area contributed by atoms with Gasteiger partial charge in [0.25, 0.3) is 6.43 Å². The maximum absolute atomic E-state index is 12.5. The van der Waals surface area contributed by atoms with Crippen LogP contribution in [0.15, 0.2) is 6.20 Å². The summed E-state index contributed by atoms with van der Waals surface area (Å²) in [6.45, 7) is 0. The molecule has 16 heavy (non-hydrogen) atoms. The molecule has 1 rings (SSSR count). The summed E-state index contributed by atoms with van der Waals surface area (Å²) in [6.07, 6.45) is -8.13. The van der Waals surface area contributed by atoms with Crippen LogP contribution in [0.1, 0.15) is 23.1 Å². The molecule has 86 valence electrons. The first-order valence-electron chi connectivity index (χ1n) is 3.82. The van der Waals surface area contributed by atoms with Crippen molar-refractivity contribution >= 4 is 5.82 Å². The molecule has 0 saturated heterocycles. The van der Waals surface area contributed by atoms with Gasteiger partial charge in [0.2, 0.25) is 0 Å². The summed E-state index contributed by atoms with van der Waals surface area (Å²) in [5.74, 6) is -0.723. The number of halogens is 5. The summed E-state index contributed by atoms with van der Waals surface area (Å²) < 4.78 is 62.0. The predicted molar refractivity (Wildman–Crippen MR) is 43.3 cm³/mol. The van der Waals surface area contributed by atoms with Crippen molar-refractivity contribution in [3.05, 3.63) is 22.9 Å². The smallest absolute Gasteiger partial charge is 0.383 e. The van der Waals surface area contributed by atoms with Crippen LogP contribution in [0.5, 0.6) is 0 Å². The number of anilines is 1. The minimum atomic E-state index is -5.08. The maximum atomic E-state index is 12.5. The highest BCUT2D eigenvalue weighted by Crippen LogP contribution is 2.39. The lowest BCUT2D eigenvalue weighted by Gasteiger charge is -2.14. The Balaban J connectivity index is 3.63. The molecule has 0 bridgehead atoms. The quantitative estimate of drug-likeness (QED) is 0.763. The van der Waals surface area contributed by atoms with E-state index in [1.54, 1.807) is 0 Å². The summed E-state index contributed by atoms with van der Waals surface area (Å²) in [7, 11) is 0. The van der Waals surface area contributed by atoms with Gasteiger partial charge in [-0.2, -0.15) is 18.4 Å². The number of alkyl halides is 5. The average Bonchev–Trinajstić information content (AvgIpc) is 2.15. The number of pyridine rings is 1. The molecule has 0 radical (unpaired) electrons. The number of hydrogen-bond acceptors (Lipinski definition) is 3. The fourth-order valence-electron chi connectivity index (χ4n) is 1.12. The van der Waals surface area contributed by atoms with Crippen molar-refractivity contribution in [2.75, 3.05) is 5.73 Å². The average molecular weight is 237 g/mol. The van der Waals surface area contributed by atoms with Crippen LogP contribution in [0.4, 0.5) is 27.8 Å². The number of nitrogen functional groups attached to an aromatic ring is 1. The standard InChI is InChI=1S/C8H4F5N3/c9-6(10)4-2-16-7(15)3(1-14)5(4)8(11,12)13/h2,6H,(H2,15,16). The van der Waals surface area contributed by atoms with Crippen LogP contribution in [-0.4, -0.2) is 4.98 Å². The van der Waals surface area contributed by atoms with Crippen LogP contribution in [0.25, 0.3) is 0 Å². The van der Waals surface area contributed by atoms with Gasteiger partial charge in [0.1, 0.15) is 17.5 Å². The fourth-order valence-corrected chi connectivity index (χ4v) is 1.12. The molecule has 1 aromatic heterocycles. The zero-order valence-electron chi connectivity index (χ0n) is 7.52. The Kier molecular flexibility index (Phi) is 2.98. The van der Waals surface area contributed by atoms with Crippen LogP contribution in [0.2, 0.25) is 0 Å². The van der Waals surface area contributed by atoms with Gasteiger partial charge in [-0.15, -0.1) is 0 Å². The summed E-state index contributed by atoms with van der Waals surface area (Å²) >= 11 is 0. The van der Waals surface area contributed by atoms with E-state index in [4.69, 9.17) is 11.0 Å². The maximum Gasteiger partial charge on any atom is 0.418 e. The molecule has 8 heteroatoms. The van der Waals surface area contributed by atoms with Crippen LogP contribution in [0.3, 0.4) is 0 Å². The zero-order valence-corrected chi connectivity index (χ0v) is 7.52. The normalized spacial score (nSPS) is 11.6. The van der Waals surface area contributed by atoms with Crippen molar-refractivity contribution < 1.29 is 22.0 Å². The van der Waals surface area contributed by atoms with Gasteiger partial charge in [0, 0.05) is 11.8 Å². The van der Waals surface area contributed by atoms with Gasteiger partial charge in [0.15, 0.2) is 0 Å². The summed E-state index contributed by atoms with van der Waals surface area (Å²) in [6, 6.07) is 1.12. The molecule has 0 amide bonds. The van der Waals surface area contributed by atoms with Crippen LogP contribution in [0, 0.1) is 11.3 Å². The zero-order chi connectivity index (χ0) is 12.5. The Morgan fingerprint density at radius 2 is 1.94 bits per heavy atom. The molecule has 0 aliphatic carbocycles. The molecule has 0 aromatic carbocycles. The molecule has 2 N–H and O–H groups in total. The third kappa shape index (κ3) is 2.03. The van der Waals surface area contributed by atoms with Crippen molar-refractivity contribution in [2.45, 2.75) is 12.6 Å². The summed E-state index contributed by atoms with van der Waals surface area (Å²) in [4.78, 5) is 3.12. The molecule has 0 atom stereocenters. The van der Waals surface area contributed by atoms with Crippen molar-refractivity contribution in [1.82, 2.24) is 4.98 Å². The van der Waals surface area contributed by atoms with E-state index in [-0.39, 0.29) is 0 Å². The molecule has 0 aliphatic rings. The topological polar surface area (TPSA) is 62.7 Å². The van der Waals surface area contributed by atoms with Crippen molar-refractivity contribution in [3.8, 4) is 6.07 Å². The molecule has 0 fully saturated rings. The first-order valence-corrected chi connectivity index (χ1v) is 3.82. The highest BCUT2D eigenvalue weighted by atomic mass is 19.4. The van der Waals surface area contributed by atoms with E-state index in [0.29, 0.717) is 6.20 Å². The lowest BCUT2D eigenvalue weighted by atomic mass is 10.0.